The van der Waals surface area contributed by atoms with Gasteiger partial charge < -0.3 is 0 Å². The molecule has 2 aromatic carbocycles. The van der Waals surface area contributed by atoms with Crippen LogP contribution in [-0.2, 0) is 0 Å². The van der Waals surface area contributed by atoms with Gasteiger partial charge in [-0.1, -0.05) is 35.5 Å². The molecule has 1 nitrogen and oxygen atoms in total. The van der Waals surface area contributed by atoms with E-state index in [2.05, 4.69) is 0 Å². The molecule has 6 heteroatoms. The lowest BCUT2D eigenvalue weighted by molar-refractivity contribution is -0.146. The van der Waals surface area contributed by atoms with Gasteiger partial charge in [-0.2, -0.15) is 18.4 Å². The summed E-state index contributed by atoms with van der Waals surface area (Å²) in [4.78, 5) is 1.53. The monoisotopic (exact) mass is 341 g/mol. The molecule has 0 fully saturated rings. The van der Waals surface area contributed by atoms with Crippen molar-refractivity contribution in [2.45, 2.75) is 28.8 Å². The molecule has 22 heavy (non-hydrogen) atoms. The highest BCUT2D eigenvalue weighted by Gasteiger charge is 2.36. The minimum atomic E-state index is -4.24. The Hall–Kier alpha value is -1.64. The molecule has 2 aromatic rings. The Morgan fingerprint density at radius 3 is 2.27 bits per heavy atom. The van der Waals surface area contributed by atoms with Crippen molar-refractivity contribution in [2.75, 3.05) is 0 Å². The first-order chi connectivity index (χ1) is 10.3. The summed E-state index contributed by atoms with van der Waals surface area (Å²) in [5, 5.41) is 9.23. The summed E-state index contributed by atoms with van der Waals surface area (Å²) in [6.07, 6.45) is -4.24. The number of rotatable bonds is 3. The van der Waals surface area contributed by atoms with E-state index in [4.69, 9.17) is 16.9 Å². The van der Waals surface area contributed by atoms with Crippen LogP contribution in [0.5, 0.6) is 0 Å². The first-order valence-corrected chi connectivity index (χ1v) is 7.55. The highest BCUT2D eigenvalue weighted by atomic mass is 35.5. The first-order valence-electron chi connectivity index (χ1n) is 6.35. The van der Waals surface area contributed by atoms with E-state index in [1.54, 1.807) is 30.3 Å². The van der Waals surface area contributed by atoms with Gasteiger partial charge in [0.2, 0.25) is 0 Å². The maximum Gasteiger partial charge on any atom is 0.395 e. The summed E-state index contributed by atoms with van der Waals surface area (Å²) >= 11 is 7.42. The summed E-state index contributed by atoms with van der Waals surface area (Å²) in [5.74, 6) is -1.50. The van der Waals surface area contributed by atoms with Gasteiger partial charge in [0.05, 0.1) is 22.6 Å². The standard InChI is InChI=1S/C16H11ClF3NS/c1-10(16(18,19)20)12-3-5-13(6-4-12)22-15-7-2-11(9-21)8-14(15)17/h2-8,10H,1H3. The minimum absolute atomic E-state index is 0.225. The molecule has 0 amide bonds. The van der Waals surface area contributed by atoms with Gasteiger partial charge in [0.15, 0.2) is 0 Å². The van der Waals surface area contributed by atoms with E-state index < -0.39 is 12.1 Å². The molecule has 0 spiro atoms. The zero-order valence-corrected chi connectivity index (χ0v) is 13.1. The van der Waals surface area contributed by atoms with Crippen LogP contribution >= 0.6 is 23.4 Å². The smallest absolute Gasteiger partial charge is 0.192 e. The van der Waals surface area contributed by atoms with Crippen LogP contribution < -0.4 is 0 Å². The lowest BCUT2D eigenvalue weighted by Gasteiger charge is -2.16. The zero-order valence-electron chi connectivity index (χ0n) is 11.5. The first kappa shape index (κ1) is 16.7. The molecule has 0 aliphatic rings. The minimum Gasteiger partial charge on any atom is -0.192 e. The average molecular weight is 342 g/mol. The fourth-order valence-corrected chi connectivity index (χ4v) is 2.91. The van der Waals surface area contributed by atoms with Crippen LogP contribution in [0.2, 0.25) is 5.02 Å². The van der Waals surface area contributed by atoms with Gasteiger partial charge in [-0.15, -0.1) is 0 Å². The zero-order chi connectivity index (χ0) is 16.3. The molecule has 0 saturated carbocycles. The maximum atomic E-state index is 12.7. The normalized spacial score (nSPS) is 12.7. The number of nitrogens with zero attached hydrogens (tertiary/aromatic N) is 1. The molecular weight excluding hydrogens is 331 g/mol. The van der Waals surface area contributed by atoms with Crippen molar-refractivity contribution < 1.29 is 13.2 Å². The molecule has 114 valence electrons. The lowest BCUT2D eigenvalue weighted by atomic mass is 10.0. The van der Waals surface area contributed by atoms with Crippen molar-refractivity contribution in [3.05, 3.63) is 58.6 Å². The summed E-state index contributed by atoms with van der Waals surface area (Å²) in [6.45, 7) is 1.14. The highest BCUT2D eigenvalue weighted by molar-refractivity contribution is 7.99. The van der Waals surface area contributed by atoms with Gasteiger partial charge in [-0.3, -0.25) is 0 Å². The molecule has 0 aromatic heterocycles. The predicted molar refractivity (Wildman–Crippen MR) is 81.2 cm³/mol. The summed E-state index contributed by atoms with van der Waals surface area (Å²) in [7, 11) is 0. The third-order valence-corrected chi connectivity index (χ3v) is 4.67. The molecule has 0 bridgehead atoms. The number of hydrogen-bond donors (Lipinski definition) is 0. The highest BCUT2D eigenvalue weighted by Crippen LogP contribution is 2.37. The predicted octanol–water partition coefficient (Wildman–Crippen LogP) is 6.03. The van der Waals surface area contributed by atoms with Crippen LogP contribution in [-0.4, -0.2) is 6.18 Å². The Morgan fingerprint density at radius 2 is 1.77 bits per heavy atom. The average Bonchev–Trinajstić information content (AvgIpc) is 2.48. The van der Waals surface area contributed by atoms with E-state index in [9.17, 15) is 13.2 Å². The molecule has 0 N–H and O–H groups in total. The van der Waals surface area contributed by atoms with Crippen molar-refractivity contribution in [1.29, 1.82) is 5.26 Å². The van der Waals surface area contributed by atoms with E-state index in [1.807, 2.05) is 6.07 Å². The topological polar surface area (TPSA) is 23.8 Å². The number of nitriles is 1. The fraction of sp³-hybridized carbons (Fsp3) is 0.188. The van der Waals surface area contributed by atoms with Gasteiger partial charge in [0.1, 0.15) is 0 Å². The Balaban J connectivity index is 2.17. The molecule has 0 aliphatic carbocycles. The van der Waals surface area contributed by atoms with E-state index in [-0.39, 0.29) is 5.56 Å². The molecule has 1 atom stereocenters. The second-order valence-corrected chi connectivity index (χ2v) is 6.21. The Morgan fingerprint density at radius 1 is 1.14 bits per heavy atom. The van der Waals surface area contributed by atoms with Crippen molar-refractivity contribution in [2.24, 2.45) is 0 Å². The van der Waals surface area contributed by atoms with Gasteiger partial charge in [0.25, 0.3) is 0 Å². The van der Waals surface area contributed by atoms with Crippen molar-refractivity contribution in [3.63, 3.8) is 0 Å². The van der Waals surface area contributed by atoms with Gasteiger partial charge >= 0.3 is 6.18 Å². The Labute approximate surface area is 135 Å². The molecule has 0 heterocycles. The number of halogens is 4. The van der Waals surface area contributed by atoms with Crippen LogP contribution in [0, 0.1) is 11.3 Å². The third-order valence-electron chi connectivity index (χ3n) is 3.16. The van der Waals surface area contributed by atoms with Crippen LogP contribution in [0.3, 0.4) is 0 Å². The second-order valence-electron chi connectivity index (χ2n) is 4.69. The van der Waals surface area contributed by atoms with E-state index in [1.165, 1.54) is 23.9 Å². The second kappa shape index (κ2) is 6.64. The van der Waals surface area contributed by atoms with Crippen molar-refractivity contribution in [1.82, 2.24) is 0 Å². The van der Waals surface area contributed by atoms with Crippen LogP contribution in [0.1, 0.15) is 24.0 Å². The number of alkyl halides is 3. The van der Waals surface area contributed by atoms with Crippen LogP contribution in [0.15, 0.2) is 52.3 Å². The van der Waals surface area contributed by atoms with Crippen LogP contribution in [0.4, 0.5) is 13.2 Å². The molecule has 1 unspecified atom stereocenters. The molecule has 0 aliphatic heterocycles. The van der Waals surface area contributed by atoms with E-state index >= 15 is 0 Å². The third kappa shape index (κ3) is 3.96. The van der Waals surface area contributed by atoms with Crippen LogP contribution in [0.25, 0.3) is 0 Å². The summed E-state index contributed by atoms with van der Waals surface area (Å²) in [5.41, 5.74) is 0.687. The quantitative estimate of drug-likeness (QED) is 0.680. The number of hydrogen-bond acceptors (Lipinski definition) is 2. The summed E-state index contributed by atoms with van der Waals surface area (Å²) in [6, 6.07) is 13.1. The molecular formula is C16H11ClF3NS. The van der Waals surface area contributed by atoms with Crippen molar-refractivity contribution >= 4 is 23.4 Å². The summed E-state index contributed by atoms with van der Waals surface area (Å²) < 4.78 is 38.0. The largest absolute Gasteiger partial charge is 0.395 e. The Kier molecular flexibility index (Phi) is 5.05. The van der Waals surface area contributed by atoms with Gasteiger partial charge in [0, 0.05) is 9.79 Å². The fourth-order valence-electron chi connectivity index (χ4n) is 1.79. The SMILES string of the molecule is CC(c1ccc(Sc2ccc(C#N)cc2Cl)cc1)C(F)(F)F. The molecule has 2 rings (SSSR count). The molecule has 0 radical (unpaired) electrons. The maximum absolute atomic E-state index is 12.7. The molecule has 0 saturated heterocycles. The lowest BCUT2D eigenvalue weighted by Crippen LogP contribution is -2.17. The van der Waals surface area contributed by atoms with Crippen molar-refractivity contribution in [3.8, 4) is 6.07 Å². The number of benzene rings is 2. The van der Waals surface area contributed by atoms with Gasteiger partial charge in [-0.25, -0.2) is 0 Å². The van der Waals surface area contributed by atoms with Gasteiger partial charge in [-0.05, 0) is 42.8 Å². The Bertz CT molecular complexity index is 705. The van der Waals surface area contributed by atoms with E-state index in [0.717, 1.165) is 16.7 Å². The van der Waals surface area contributed by atoms with E-state index in [0.29, 0.717) is 10.6 Å².